The number of nitrogens with one attached hydrogen (secondary N) is 1. The molecule has 1 atom stereocenters. The second-order valence-corrected chi connectivity index (χ2v) is 10.9. The van der Waals surface area contributed by atoms with Crippen LogP contribution in [-0.2, 0) is 5.54 Å². The number of imidazole rings is 1. The molecule has 3 aromatic heterocycles. The van der Waals surface area contributed by atoms with Crippen LogP contribution in [0.25, 0.3) is 27.7 Å². The van der Waals surface area contributed by atoms with E-state index in [4.69, 9.17) is 9.72 Å². The van der Waals surface area contributed by atoms with Crippen molar-refractivity contribution in [2.75, 3.05) is 20.2 Å². The lowest BCUT2D eigenvalue weighted by molar-refractivity contribution is 0.0767. The van der Waals surface area contributed by atoms with Crippen LogP contribution >= 0.6 is 0 Å². The Bertz CT molecular complexity index is 1720. The standard InChI is InChI=1S/C32H31N5O2/c1-21-8-9-24(39-19-23-10-15-36(23)2)18-26(21)31(38)35-32(11-12-32)27-16-22(17-28-25(27)6-5-13-33-28)30-29-7-3-4-14-37(29)20-34-30/h3-9,13-14,16-18,20,23H,10-12,15,19H2,1-2H3,(H,35,38). The minimum atomic E-state index is -0.443. The number of rotatable bonds is 7. The van der Waals surface area contributed by atoms with Crippen molar-refractivity contribution in [2.24, 2.45) is 0 Å². The third kappa shape index (κ3) is 4.23. The fraction of sp³-hybridized carbons (Fsp3) is 0.281. The summed E-state index contributed by atoms with van der Waals surface area (Å²) < 4.78 is 8.09. The lowest BCUT2D eigenvalue weighted by Crippen LogP contribution is -2.48. The van der Waals surface area contributed by atoms with Crippen LogP contribution in [0.4, 0.5) is 0 Å². The summed E-state index contributed by atoms with van der Waals surface area (Å²) >= 11 is 0. The molecule has 1 aliphatic carbocycles. The molecular weight excluding hydrogens is 486 g/mol. The Morgan fingerprint density at radius 1 is 1.10 bits per heavy atom. The maximum atomic E-state index is 13.7. The molecule has 2 aliphatic rings. The van der Waals surface area contributed by atoms with E-state index in [0.29, 0.717) is 18.2 Å². The lowest BCUT2D eigenvalue weighted by Gasteiger charge is -2.37. The van der Waals surface area contributed by atoms with Crippen molar-refractivity contribution < 1.29 is 9.53 Å². The predicted octanol–water partition coefficient (Wildman–Crippen LogP) is 5.36. The summed E-state index contributed by atoms with van der Waals surface area (Å²) in [4.78, 5) is 25.4. The van der Waals surface area contributed by atoms with Gasteiger partial charge in [-0.25, -0.2) is 4.98 Å². The largest absolute Gasteiger partial charge is 0.492 e. The lowest BCUT2D eigenvalue weighted by atomic mass is 9.94. The Morgan fingerprint density at radius 2 is 2.00 bits per heavy atom. The zero-order valence-corrected chi connectivity index (χ0v) is 22.2. The van der Waals surface area contributed by atoms with E-state index in [0.717, 1.165) is 70.4 Å². The summed E-state index contributed by atoms with van der Waals surface area (Å²) in [7, 11) is 2.12. The van der Waals surface area contributed by atoms with Crippen LogP contribution in [0.5, 0.6) is 5.75 Å². The van der Waals surface area contributed by atoms with Crippen LogP contribution < -0.4 is 10.1 Å². The van der Waals surface area contributed by atoms with Crippen molar-refractivity contribution in [3.8, 4) is 17.0 Å². The Labute approximate surface area is 227 Å². The fourth-order valence-corrected chi connectivity index (χ4v) is 5.66. The van der Waals surface area contributed by atoms with Crippen molar-refractivity contribution in [3.05, 3.63) is 96.1 Å². The average molecular weight is 518 g/mol. The highest BCUT2D eigenvalue weighted by Crippen LogP contribution is 2.49. The summed E-state index contributed by atoms with van der Waals surface area (Å²) in [5, 5.41) is 4.46. The molecule has 7 heteroatoms. The molecule has 0 radical (unpaired) electrons. The Hall–Kier alpha value is -4.23. The van der Waals surface area contributed by atoms with Gasteiger partial charge in [-0.3, -0.25) is 14.7 Å². The van der Waals surface area contributed by atoms with Gasteiger partial charge in [0.25, 0.3) is 5.91 Å². The van der Waals surface area contributed by atoms with Gasteiger partial charge in [0, 0.05) is 34.9 Å². The smallest absolute Gasteiger partial charge is 0.252 e. The number of carbonyl (C=O) groups is 1. The number of aryl methyl sites for hydroxylation is 1. The van der Waals surface area contributed by atoms with E-state index in [2.05, 4.69) is 46.5 Å². The fourth-order valence-electron chi connectivity index (χ4n) is 5.66. The summed E-state index contributed by atoms with van der Waals surface area (Å²) in [6.45, 7) is 3.72. The summed E-state index contributed by atoms with van der Waals surface area (Å²) in [6, 6.07) is 20.7. The van der Waals surface area contributed by atoms with Gasteiger partial charge in [-0.1, -0.05) is 18.2 Å². The first-order valence-electron chi connectivity index (χ1n) is 13.6. The molecule has 1 saturated heterocycles. The molecule has 2 aromatic carbocycles. The zero-order valence-electron chi connectivity index (χ0n) is 22.2. The first-order chi connectivity index (χ1) is 19.0. The van der Waals surface area contributed by atoms with Crippen molar-refractivity contribution in [3.63, 3.8) is 0 Å². The average Bonchev–Trinajstić information content (AvgIpc) is 3.60. The van der Waals surface area contributed by atoms with Gasteiger partial charge in [-0.15, -0.1) is 0 Å². The van der Waals surface area contributed by atoms with E-state index in [9.17, 15) is 4.79 Å². The van der Waals surface area contributed by atoms with Gasteiger partial charge in [0.15, 0.2) is 0 Å². The molecule has 2 fully saturated rings. The topological polar surface area (TPSA) is 71.8 Å². The first kappa shape index (κ1) is 23.9. The SMILES string of the molecule is Cc1ccc(OCC2CCN2C)cc1C(=O)NC1(c2cc(-c3ncn4ccccc34)cc3ncccc23)CC1. The van der Waals surface area contributed by atoms with Crippen LogP contribution in [0.2, 0.25) is 0 Å². The molecule has 39 heavy (non-hydrogen) atoms. The molecule has 4 heterocycles. The summed E-state index contributed by atoms with van der Waals surface area (Å²) in [5.74, 6) is 0.658. The van der Waals surface area contributed by atoms with Crippen LogP contribution in [0, 0.1) is 6.92 Å². The Kier molecular flexibility index (Phi) is 5.63. The van der Waals surface area contributed by atoms with Gasteiger partial charge in [-0.05, 0) is 93.4 Å². The van der Waals surface area contributed by atoms with Crippen LogP contribution in [0.1, 0.15) is 40.7 Å². The number of ether oxygens (including phenoxy) is 1. The highest BCUT2D eigenvalue weighted by molar-refractivity contribution is 5.98. The van der Waals surface area contributed by atoms with Gasteiger partial charge in [0.1, 0.15) is 12.4 Å². The predicted molar refractivity (Wildman–Crippen MR) is 152 cm³/mol. The summed E-state index contributed by atoms with van der Waals surface area (Å²) in [5.41, 5.74) is 6.07. The Morgan fingerprint density at radius 3 is 2.79 bits per heavy atom. The molecule has 1 N–H and O–H groups in total. The normalized spacial score (nSPS) is 18.2. The number of benzene rings is 2. The maximum Gasteiger partial charge on any atom is 0.252 e. The van der Waals surface area contributed by atoms with E-state index in [-0.39, 0.29) is 5.91 Å². The molecular formula is C32H31N5O2. The summed E-state index contributed by atoms with van der Waals surface area (Å²) in [6.07, 6.45) is 8.55. The number of carbonyl (C=O) groups excluding carboxylic acids is 1. The molecule has 7 rings (SSSR count). The van der Waals surface area contributed by atoms with Crippen molar-refractivity contribution in [1.82, 2.24) is 24.6 Å². The van der Waals surface area contributed by atoms with E-state index in [1.165, 1.54) is 0 Å². The zero-order chi connectivity index (χ0) is 26.6. The second kappa shape index (κ2) is 9.20. The van der Waals surface area contributed by atoms with E-state index in [1.807, 2.05) is 66.4 Å². The molecule has 0 bridgehead atoms. The number of aromatic nitrogens is 3. The van der Waals surface area contributed by atoms with Gasteiger partial charge in [-0.2, -0.15) is 0 Å². The first-order valence-corrected chi connectivity index (χ1v) is 13.6. The van der Waals surface area contributed by atoms with Gasteiger partial charge in [0.05, 0.1) is 28.6 Å². The molecule has 0 spiro atoms. The number of pyridine rings is 2. The van der Waals surface area contributed by atoms with Gasteiger partial charge in [0.2, 0.25) is 0 Å². The molecule has 1 saturated carbocycles. The number of hydrogen-bond donors (Lipinski definition) is 1. The quantitative estimate of drug-likeness (QED) is 0.315. The number of fused-ring (bicyclic) bond motifs is 2. The van der Waals surface area contributed by atoms with Crippen LogP contribution in [0.15, 0.2) is 79.4 Å². The number of nitrogens with zero attached hydrogens (tertiary/aromatic N) is 4. The maximum absolute atomic E-state index is 13.7. The third-order valence-electron chi connectivity index (χ3n) is 8.39. The molecule has 196 valence electrons. The number of amides is 1. The molecule has 7 nitrogen and oxygen atoms in total. The van der Waals surface area contributed by atoms with E-state index in [1.54, 1.807) is 0 Å². The molecule has 5 aromatic rings. The van der Waals surface area contributed by atoms with Gasteiger partial charge < -0.3 is 14.5 Å². The Balaban J connectivity index is 1.22. The number of likely N-dealkylation sites (N-methyl/N-ethyl adjacent to an activating group) is 1. The molecule has 1 aliphatic heterocycles. The van der Waals surface area contributed by atoms with Crippen LogP contribution in [-0.4, -0.2) is 51.4 Å². The number of hydrogen-bond acceptors (Lipinski definition) is 5. The van der Waals surface area contributed by atoms with Crippen LogP contribution in [0.3, 0.4) is 0 Å². The van der Waals surface area contributed by atoms with E-state index >= 15 is 0 Å². The van der Waals surface area contributed by atoms with Crippen molar-refractivity contribution >= 4 is 22.3 Å². The number of likely N-dealkylation sites (tertiary alicyclic amines) is 1. The van der Waals surface area contributed by atoms with Gasteiger partial charge >= 0.3 is 0 Å². The third-order valence-corrected chi connectivity index (χ3v) is 8.39. The minimum Gasteiger partial charge on any atom is -0.492 e. The minimum absolute atomic E-state index is 0.0777. The molecule has 1 unspecified atom stereocenters. The van der Waals surface area contributed by atoms with Crippen molar-refractivity contribution in [1.29, 1.82) is 0 Å². The highest BCUT2D eigenvalue weighted by atomic mass is 16.5. The molecule has 1 amide bonds. The second-order valence-electron chi connectivity index (χ2n) is 10.9. The van der Waals surface area contributed by atoms with Crippen molar-refractivity contribution in [2.45, 2.75) is 37.8 Å². The van der Waals surface area contributed by atoms with E-state index < -0.39 is 5.54 Å². The monoisotopic (exact) mass is 517 g/mol. The highest BCUT2D eigenvalue weighted by Gasteiger charge is 2.47.